The van der Waals surface area contributed by atoms with E-state index < -0.39 is 24.7 Å². The fourth-order valence-electron chi connectivity index (χ4n) is 3.09. The molecule has 1 atom stereocenters. The van der Waals surface area contributed by atoms with Gasteiger partial charge in [-0.15, -0.1) is 0 Å². The van der Waals surface area contributed by atoms with Gasteiger partial charge in [0.25, 0.3) is 0 Å². The van der Waals surface area contributed by atoms with Gasteiger partial charge in [-0.25, -0.2) is 19.4 Å². The lowest BCUT2D eigenvalue weighted by molar-refractivity contribution is -0.150. The molecule has 1 unspecified atom stereocenters. The van der Waals surface area contributed by atoms with Crippen molar-refractivity contribution < 1.29 is 28.1 Å². The van der Waals surface area contributed by atoms with Crippen LogP contribution in [0.5, 0.6) is 0 Å². The van der Waals surface area contributed by atoms with Gasteiger partial charge in [-0.3, -0.25) is 4.79 Å². The first-order valence-electron chi connectivity index (χ1n) is 10.2. The molecule has 13 heteroatoms. The van der Waals surface area contributed by atoms with Crippen molar-refractivity contribution in [1.29, 1.82) is 0 Å². The number of nitrogens with one attached hydrogen (secondary N) is 1. The monoisotopic (exact) mass is 505 g/mol. The van der Waals surface area contributed by atoms with Gasteiger partial charge in [0.2, 0.25) is 5.91 Å². The summed E-state index contributed by atoms with van der Waals surface area (Å²) in [7, 11) is 0. The lowest BCUT2D eigenvalue weighted by atomic mass is 10.3. The fraction of sp³-hybridized carbons (Fsp3) is 0.333. The second-order valence-electron chi connectivity index (χ2n) is 7.59. The van der Waals surface area contributed by atoms with Gasteiger partial charge in [-0.2, -0.15) is 13.2 Å². The number of hydrogen-bond donors (Lipinski definition) is 3. The Hall–Kier alpha value is -3.35. The SMILES string of the molecule is CC(N)=CC(N)=Nc1cc(N2CCC(F)C2)nc(Sc2ccc(NC(=O)CC(F)(F)F)cc2)n1.[HH].[HH].[HH].[HH]. The van der Waals surface area contributed by atoms with E-state index in [1.165, 1.54) is 30.0 Å². The normalized spacial score (nSPS) is 17.2. The number of alkyl halides is 4. The Bertz CT molecular complexity index is 1100. The number of carbonyl (C=O) groups is 1. The number of nitrogens with two attached hydrogens (primary N) is 2. The third kappa shape index (κ3) is 7.90. The van der Waals surface area contributed by atoms with Crippen molar-refractivity contribution in [2.45, 2.75) is 42.2 Å². The fourth-order valence-corrected chi connectivity index (χ4v) is 3.85. The van der Waals surface area contributed by atoms with E-state index in [2.05, 4.69) is 20.3 Å². The summed E-state index contributed by atoms with van der Waals surface area (Å²) in [5, 5.41) is 2.51. The molecule has 1 aromatic heterocycles. The first kappa shape index (κ1) is 25.3. The summed E-state index contributed by atoms with van der Waals surface area (Å²) in [4.78, 5) is 27.0. The van der Waals surface area contributed by atoms with E-state index in [1.807, 2.05) is 0 Å². The number of nitrogens with zero attached hydrogens (tertiary/aromatic N) is 4. The molecule has 0 spiro atoms. The van der Waals surface area contributed by atoms with Crippen LogP contribution in [0.3, 0.4) is 0 Å². The van der Waals surface area contributed by atoms with E-state index in [9.17, 15) is 22.4 Å². The molecule has 0 aliphatic carbocycles. The molecule has 5 N–H and O–H groups in total. The number of rotatable bonds is 7. The summed E-state index contributed by atoms with van der Waals surface area (Å²) >= 11 is 1.17. The number of hydrogen-bond acceptors (Lipinski definition) is 7. The molecule has 1 fully saturated rings. The third-order valence-electron chi connectivity index (χ3n) is 4.46. The van der Waals surface area contributed by atoms with Gasteiger partial charge in [0.15, 0.2) is 11.0 Å². The average molecular weight is 506 g/mol. The summed E-state index contributed by atoms with van der Waals surface area (Å²) in [6.07, 6.45) is -5.23. The molecule has 2 heterocycles. The second-order valence-corrected chi connectivity index (χ2v) is 8.63. The molecule has 190 valence electrons. The Balaban J connectivity index is 0. The summed E-state index contributed by atoms with van der Waals surface area (Å²) in [6, 6.07) is 7.76. The van der Waals surface area contributed by atoms with Crippen molar-refractivity contribution in [2.24, 2.45) is 16.5 Å². The topological polar surface area (TPSA) is 123 Å². The van der Waals surface area contributed by atoms with Gasteiger partial charge >= 0.3 is 6.18 Å². The molecule has 1 aromatic carbocycles. The number of allylic oxidation sites excluding steroid dienone is 1. The molecule has 1 amide bonds. The van der Waals surface area contributed by atoms with Crippen molar-refractivity contribution in [2.75, 3.05) is 23.3 Å². The highest BCUT2D eigenvalue weighted by atomic mass is 32.2. The minimum Gasteiger partial charge on any atom is -0.402 e. The van der Waals surface area contributed by atoms with Crippen LogP contribution < -0.4 is 21.7 Å². The van der Waals surface area contributed by atoms with E-state index in [-0.39, 0.29) is 29.6 Å². The number of aliphatic imine (C=N–C) groups is 1. The van der Waals surface area contributed by atoms with Gasteiger partial charge in [0.1, 0.15) is 24.2 Å². The second kappa shape index (κ2) is 10.7. The predicted molar refractivity (Wildman–Crippen MR) is 131 cm³/mol. The van der Waals surface area contributed by atoms with Gasteiger partial charge in [-0.05, 0) is 55.4 Å². The molecular formula is C21H31F4N7OS. The van der Waals surface area contributed by atoms with Gasteiger partial charge in [0.05, 0.1) is 6.54 Å². The predicted octanol–water partition coefficient (Wildman–Crippen LogP) is 4.90. The highest BCUT2D eigenvalue weighted by Gasteiger charge is 2.31. The maximum atomic E-state index is 13.7. The zero-order chi connectivity index (χ0) is 24.9. The number of halogens is 4. The number of amidine groups is 1. The van der Waals surface area contributed by atoms with Crippen LogP contribution in [0, 0.1) is 0 Å². The third-order valence-corrected chi connectivity index (χ3v) is 5.33. The summed E-state index contributed by atoms with van der Waals surface area (Å²) in [6.45, 7) is 2.36. The standard InChI is InChI=1S/C21H23F4N7OS.4H2/c1-12(26)8-16(27)29-17-9-18(32-7-6-13(22)11-32)31-20(30-17)34-15-4-2-14(3-5-15)28-19(33)10-21(23,24)25;;;;/h2-5,8-9,13H,6-7,10-11,26H2,1H3,(H,28,33)(H2,27,29,30,31);4*1H. The van der Waals surface area contributed by atoms with Gasteiger partial charge in [-0.1, -0.05) is 0 Å². The van der Waals surface area contributed by atoms with Crippen LogP contribution in [0.15, 0.2) is 57.1 Å². The molecule has 0 bridgehead atoms. The summed E-state index contributed by atoms with van der Waals surface area (Å²) < 4.78 is 50.7. The minimum absolute atomic E-state index is 0. The maximum Gasteiger partial charge on any atom is 0.397 e. The molecule has 0 radical (unpaired) electrons. The van der Waals surface area contributed by atoms with E-state index in [4.69, 9.17) is 11.5 Å². The Kier molecular flexibility index (Phi) is 7.97. The van der Waals surface area contributed by atoms with Crippen molar-refractivity contribution >= 4 is 40.8 Å². The zero-order valence-corrected chi connectivity index (χ0v) is 19.0. The Morgan fingerprint density at radius 2 is 2.03 bits per heavy atom. The average Bonchev–Trinajstić information content (AvgIpc) is 3.13. The molecule has 1 saturated heterocycles. The minimum atomic E-state index is -4.58. The van der Waals surface area contributed by atoms with E-state index in [0.29, 0.717) is 34.5 Å². The highest BCUT2D eigenvalue weighted by molar-refractivity contribution is 7.99. The van der Waals surface area contributed by atoms with Crippen LogP contribution in [0.2, 0.25) is 0 Å². The maximum absolute atomic E-state index is 13.7. The number of benzene rings is 1. The van der Waals surface area contributed by atoms with Crippen LogP contribution in [0.1, 0.15) is 25.5 Å². The summed E-state index contributed by atoms with van der Waals surface area (Å²) in [5.41, 5.74) is 12.2. The Morgan fingerprint density at radius 3 is 2.62 bits per heavy atom. The molecule has 1 aliphatic heterocycles. The van der Waals surface area contributed by atoms with Gasteiger partial charge < -0.3 is 21.7 Å². The molecule has 34 heavy (non-hydrogen) atoms. The van der Waals surface area contributed by atoms with Crippen LogP contribution >= 0.6 is 11.8 Å². The van der Waals surface area contributed by atoms with Crippen molar-refractivity contribution in [3.8, 4) is 0 Å². The smallest absolute Gasteiger partial charge is 0.397 e. The summed E-state index contributed by atoms with van der Waals surface area (Å²) in [5.74, 6) is -0.249. The lowest BCUT2D eigenvalue weighted by Gasteiger charge is -2.17. The molecule has 0 saturated carbocycles. The molecule has 8 nitrogen and oxygen atoms in total. The van der Waals surface area contributed by atoms with Crippen LogP contribution in [0.25, 0.3) is 0 Å². The quantitative estimate of drug-likeness (QED) is 0.212. The number of amides is 1. The number of aromatic nitrogens is 2. The Morgan fingerprint density at radius 1 is 1.32 bits per heavy atom. The van der Waals surface area contributed by atoms with Crippen molar-refractivity contribution in [1.82, 2.24) is 9.97 Å². The molecule has 1 aliphatic rings. The first-order chi connectivity index (χ1) is 16.0. The highest BCUT2D eigenvalue weighted by Crippen LogP contribution is 2.31. The largest absolute Gasteiger partial charge is 0.402 e. The molecular weight excluding hydrogens is 474 g/mol. The number of anilines is 2. The van der Waals surface area contributed by atoms with E-state index in [1.54, 1.807) is 30.0 Å². The number of carbonyl (C=O) groups excluding carboxylic acids is 1. The Labute approximate surface area is 203 Å². The first-order valence-corrected chi connectivity index (χ1v) is 11.0. The zero-order valence-electron chi connectivity index (χ0n) is 18.1. The van der Waals surface area contributed by atoms with Crippen LogP contribution in [-0.2, 0) is 4.79 Å². The lowest BCUT2D eigenvalue weighted by Crippen LogP contribution is -2.21. The molecule has 3 rings (SSSR count). The van der Waals surface area contributed by atoms with E-state index in [0.717, 1.165) is 0 Å². The van der Waals surface area contributed by atoms with Crippen molar-refractivity contribution in [3.05, 3.63) is 42.1 Å². The van der Waals surface area contributed by atoms with Crippen molar-refractivity contribution in [3.63, 3.8) is 0 Å². The van der Waals surface area contributed by atoms with Crippen LogP contribution in [-0.4, -0.2) is 47.1 Å². The molecule has 2 aromatic rings. The van der Waals surface area contributed by atoms with Crippen LogP contribution in [0.4, 0.5) is 34.9 Å². The van der Waals surface area contributed by atoms with E-state index >= 15 is 0 Å². The van der Waals surface area contributed by atoms with Gasteiger partial charge in [0, 0.05) is 34.6 Å².